The third kappa shape index (κ3) is 4.96. The smallest absolute Gasteiger partial charge is 0.225 e. The van der Waals surface area contributed by atoms with Crippen LogP contribution < -0.4 is 5.32 Å². The highest BCUT2D eigenvalue weighted by Crippen LogP contribution is 2.26. The summed E-state index contributed by atoms with van der Waals surface area (Å²) in [6.45, 7) is 3.08. The summed E-state index contributed by atoms with van der Waals surface area (Å²) < 4.78 is 0. The van der Waals surface area contributed by atoms with Crippen molar-refractivity contribution in [2.45, 2.75) is 51.4 Å². The molecule has 3 nitrogen and oxygen atoms in total. The number of likely N-dealkylation sites (tertiary alicyclic amines) is 1. The van der Waals surface area contributed by atoms with Crippen molar-refractivity contribution in [3.8, 4) is 0 Å². The third-order valence-corrected chi connectivity index (χ3v) is 4.62. The summed E-state index contributed by atoms with van der Waals surface area (Å²) in [5, 5.41) is 3.25. The molecule has 0 spiro atoms. The summed E-state index contributed by atoms with van der Waals surface area (Å²) in [6.07, 6.45) is 9.80. The fraction of sp³-hybridized carbons (Fsp3) is 0.933. The number of nitrogens with one attached hydrogen (secondary N) is 1. The molecule has 1 aliphatic carbocycles. The van der Waals surface area contributed by atoms with Gasteiger partial charge < -0.3 is 10.2 Å². The lowest BCUT2D eigenvalue weighted by atomic mass is 9.93. The first-order valence-electron chi connectivity index (χ1n) is 7.74. The molecule has 0 unspecified atom stereocenters. The molecule has 4 heteroatoms. The Morgan fingerprint density at radius 1 is 1.05 bits per heavy atom. The number of carbonyl (C=O) groups excluding carboxylic acids is 1. The first-order chi connectivity index (χ1) is 8.81. The first kappa shape index (κ1) is 16.8. The maximum atomic E-state index is 12.5. The second-order valence-electron chi connectivity index (χ2n) is 6.01. The van der Waals surface area contributed by atoms with E-state index in [0.29, 0.717) is 11.8 Å². The van der Waals surface area contributed by atoms with E-state index in [1.807, 2.05) is 7.05 Å². The van der Waals surface area contributed by atoms with Gasteiger partial charge in [-0.2, -0.15) is 0 Å². The highest BCUT2D eigenvalue weighted by atomic mass is 35.5. The van der Waals surface area contributed by atoms with Crippen molar-refractivity contribution in [3.05, 3.63) is 0 Å². The zero-order valence-electron chi connectivity index (χ0n) is 12.2. The van der Waals surface area contributed by atoms with Crippen LogP contribution in [0.15, 0.2) is 0 Å². The van der Waals surface area contributed by atoms with Gasteiger partial charge in [-0.1, -0.05) is 25.7 Å². The predicted molar refractivity (Wildman–Crippen MR) is 81.7 cm³/mol. The van der Waals surface area contributed by atoms with Crippen LogP contribution in [0.1, 0.15) is 51.4 Å². The lowest BCUT2D eigenvalue weighted by Gasteiger charge is -2.34. The molecule has 0 aromatic rings. The Balaban J connectivity index is 0.00000180. The van der Waals surface area contributed by atoms with Gasteiger partial charge in [0.05, 0.1) is 0 Å². The molecule has 0 radical (unpaired) electrons. The highest BCUT2D eigenvalue weighted by Gasteiger charge is 2.28. The van der Waals surface area contributed by atoms with Gasteiger partial charge in [0.1, 0.15) is 0 Å². The van der Waals surface area contributed by atoms with E-state index in [9.17, 15) is 4.79 Å². The topological polar surface area (TPSA) is 32.3 Å². The van der Waals surface area contributed by atoms with Gasteiger partial charge >= 0.3 is 0 Å². The van der Waals surface area contributed by atoms with E-state index < -0.39 is 0 Å². The van der Waals surface area contributed by atoms with Crippen LogP contribution >= 0.6 is 12.4 Å². The number of hydrogen-bond acceptors (Lipinski definition) is 2. The summed E-state index contributed by atoms with van der Waals surface area (Å²) in [4.78, 5) is 14.6. The van der Waals surface area contributed by atoms with Crippen LogP contribution in [0.2, 0.25) is 0 Å². The molecule has 0 atom stereocenters. The maximum Gasteiger partial charge on any atom is 0.225 e. The average molecular weight is 289 g/mol. The highest BCUT2D eigenvalue weighted by molar-refractivity contribution is 5.85. The molecule has 0 aromatic carbocycles. The number of halogens is 1. The summed E-state index contributed by atoms with van der Waals surface area (Å²) >= 11 is 0. The van der Waals surface area contributed by atoms with Gasteiger partial charge in [0.2, 0.25) is 5.91 Å². The zero-order valence-corrected chi connectivity index (χ0v) is 13.0. The molecule has 1 heterocycles. The zero-order chi connectivity index (χ0) is 12.8. The third-order valence-electron chi connectivity index (χ3n) is 4.62. The largest absolute Gasteiger partial charge is 0.342 e. The van der Waals surface area contributed by atoms with E-state index in [1.165, 1.54) is 38.5 Å². The molecule has 2 rings (SSSR count). The fourth-order valence-corrected chi connectivity index (χ4v) is 3.43. The van der Waals surface area contributed by atoms with Crippen LogP contribution in [0.4, 0.5) is 0 Å². The molecule has 1 aliphatic heterocycles. The van der Waals surface area contributed by atoms with Crippen LogP contribution in [0, 0.1) is 11.8 Å². The van der Waals surface area contributed by atoms with E-state index in [2.05, 4.69) is 10.2 Å². The Morgan fingerprint density at radius 3 is 2.16 bits per heavy atom. The lowest BCUT2D eigenvalue weighted by molar-refractivity contribution is -0.137. The van der Waals surface area contributed by atoms with E-state index in [1.54, 1.807) is 0 Å². The Bertz CT molecular complexity index is 257. The Kier molecular flexibility index (Phi) is 7.77. The lowest BCUT2D eigenvalue weighted by Crippen LogP contribution is -2.43. The molecule has 1 amide bonds. The molecule has 2 fully saturated rings. The van der Waals surface area contributed by atoms with Crippen molar-refractivity contribution in [2.24, 2.45) is 11.8 Å². The van der Waals surface area contributed by atoms with Crippen LogP contribution in [-0.4, -0.2) is 37.5 Å². The molecular formula is C15H29ClN2O. The van der Waals surface area contributed by atoms with Crippen molar-refractivity contribution < 1.29 is 4.79 Å². The van der Waals surface area contributed by atoms with Gasteiger partial charge in [-0.15, -0.1) is 12.4 Å². The number of nitrogens with zero attached hydrogens (tertiary/aromatic N) is 1. The van der Waals surface area contributed by atoms with Gasteiger partial charge in [0.25, 0.3) is 0 Å². The SMILES string of the molecule is CNCC1CCN(C(=O)C2CCCCCC2)CC1.Cl. The number of amides is 1. The van der Waals surface area contributed by atoms with E-state index in [0.717, 1.165) is 38.4 Å². The van der Waals surface area contributed by atoms with E-state index in [-0.39, 0.29) is 12.4 Å². The maximum absolute atomic E-state index is 12.5. The minimum atomic E-state index is 0. The van der Waals surface area contributed by atoms with Crippen molar-refractivity contribution >= 4 is 18.3 Å². The van der Waals surface area contributed by atoms with E-state index in [4.69, 9.17) is 0 Å². The second-order valence-corrected chi connectivity index (χ2v) is 6.01. The Labute approximate surface area is 123 Å². The molecule has 2 aliphatic rings. The number of carbonyl (C=O) groups is 1. The monoisotopic (exact) mass is 288 g/mol. The molecule has 1 saturated carbocycles. The van der Waals surface area contributed by atoms with Crippen LogP contribution in [0.3, 0.4) is 0 Å². The molecule has 19 heavy (non-hydrogen) atoms. The second kappa shape index (κ2) is 8.80. The summed E-state index contributed by atoms with van der Waals surface area (Å²) in [7, 11) is 2.02. The standard InChI is InChI=1S/C15H28N2O.ClH/c1-16-12-13-8-10-17(11-9-13)15(18)14-6-4-2-3-5-7-14;/h13-14,16H,2-12H2,1H3;1H. The van der Waals surface area contributed by atoms with Crippen LogP contribution in [0.5, 0.6) is 0 Å². The normalized spacial score (nSPS) is 22.7. The van der Waals surface area contributed by atoms with Crippen molar-refractivity contribution in [1.82, 2.24) is 10.2 Å². The summed E-state index contributed by atoms with van der Waals surface area (Å²) in [5.74, 6) is 1.57. The Hall–Kier alpha value is -0.280. The quantitative estimate of drug-likeness (QED) is 0.810. The average Bonchev–Trinajstić information content (AvgIpc) is 2.68. The van der Waals surface area contributed by atoms with E-state index >= 15 is 0 Å². The predicted octanol–water partition coefficient (Wildman–Crippen LogP) is 2.84. The van der Waals surface area contributed by atoms with Gasteiger partial charge in [0, 0.05) is 19.0 Å². The number of rotatable bonds is 3. The van der Waals surface area contributed by atoms with Crippen LogP contribution in [0.25, 0.3) is 0 Å². The number of hydrogen-bond donors (Lipinski definition) is 1. The van der Waals surface area contributed by atoms with Crippen LogP contribution in [-0.2, 0) is 4.79 Å². The molecule has 1 N–H and O–H groups in total. The van der Waals surface area contributed by atoms with Gasteiger partial charge in [-0.25, -0.2) is 0 Å². The summed E-state index contributed by atoms with van der Waals surface area (Å²) in [6, 6.07) is 0. The molecule has 0 bridgehead atoms. The molecule has 1 saturated heterocycles. The van der Waals surface area contributed by atoms with Crippen molar-refractivity contribution in [3.63, 3.8) is 0 Å². The minimum Gasteiger partial charge on any atom is -0.342 e. The van der Waals surface area contributed by atoms with Crippen molar-refractivity contribution in [1.29, 1.82) is 0 Å². The molecular weight excluding hydrogens is 260 g/mol. The minimum absolute atomic E-state index is 0. The van der Waals surface area contributed by atoms with Crippen molar-refractivity contribution in [2.75, 3.05) is 26.7 Å². The van der Waals surface area contributed by atoms with Gasteiger partial charge in [-0.3, -0.25) is 4.79 Å². The molecule has 0 aromatic heterocycles. The summed E-state index contributed by atoms with van der Waals surface area (Å²) in [5.41, 5.74) is 0. The fourth-order valence-electron chi connectivity index (χ4n) is 3.43. The van der Waals surface area contributed by atoms with Gasteiger partial charge in [-0.05, 0) is 45.2 Å². The number of piperidine rings is 1. The van der Waals surface area contributed by atoms with Gasteiger partial charge in [0.15, 0.2) is 0 Å². The Morgan fingerprint density at radius 2 is 1.63 bits per heavy atom. The molecule has 112 valence electrons. The first-order valence-corrected chi connectivity index (χ1v) is 7.74.